The molecule has 1 aliphatic heterocycles. The summed E-state index contributed by atoms with van der Waals surface area (Å²) >= 11 is 5.95. The predicted octanol–water partition coefficient (Wildman–Crippen LogP) is 2.68. The SMILES string of the molecule is COC1CN(c2ncccc2CCl)CCC1C. The van der Waals surface area contributed by atoms with Crippen LogP contribution in [0.25, 0.3) is 0 Å². The van der Waals surface area contributed by atoms with Crippen LogP contribution < -0.4 is 4.90 Å². The fourth-order valence-electron chi connectivity index (χ4n) is 2.35. The highest BCUT2D eigenvalue weighted by Crippen LogP contribution is 2.26. The molecule has 0 radical (unpaired) electrons. The molecule has 2 atom stereocenters. The van der Waals surface area contributed by atoms with E-state index >= 15 is 0 Å². The van der Waals surface area contributed by atoms with Crippen molar-refractivity contribution in [2.75, 3.05) is 25.1 Å². The quantitative estimate of drug-likeness (QED) is 0.776. The van der Waals surface area contributed by atoms with E-state index in [1.54, 1.807) is 7.11 Å². The summed E-state index contributed by atoms with van der Waals surface area (Å²) in [5, 5.41) is 0. The van der Waals surface area contributed by atoms with Gasteiger partial charge in [-0.3, -0.25) is 0 Å². The molecule has 1 aromatic heterocycles. The van der Waals surface area contributed by atoms with E-state index in [1.165, 1.54) is 0 Å². The Morgan fingerprint density at radius 1 is 1.59 bits per heavy atom. The van der Waals surface area contributed by atoms with Crippen molar-refractivity contribution >= 4 is 17.4 Å². The van der Waals surface area contributed by atoms with Crippen LogP contribution in [0.2, 0.25) is 0 Å². The fourth-order valence-corrected chi connectivity index (χ4v) is 2.56. The van der Waals surface area contributed by atoms with Crippen molar-refractivity contribution in [2.45, 2.75) is 25.3 Å². The van der Waals surface area contributed by atoms with Gasteiger partial charge in [-0.25, -0.2) is 4.98 Å². The van der Waals surface area contributed by atoms with E-state index in [2.05, 4.69) is 16.8 Å². The largest absolute Gasteiger partial charge is 0.379 e. The minimum atomic E-state index is 0.286. The van der Waals surface area contributed by atoms with Crippen LogP contribution in [-0.2, 0) is 10.6 Å². The molecule has 0 spiro atoms. The Morgan fingerprint density at radius 2 is 2.41 bits per heavy atom. The first-order valence-electron chi connectivity index (χ1n) is 6.04. The monoisotopic (exact) mass is 254 g/mol. The average Bonchev–Trinajstić information content (AvgIpc) is 2.39. The Kier molecular flexibility index (Phi) is 4.24. The van der Waals surface area contributed by atoms with Crippen molar-refractivity contribution in [2.24, 2.45) is 5.92 Å². The molecule has 1 fully saturated rings. The van der Waals surface area contributed by atoms with Gasteiger partial charge in [0.05, 0.1) is 12.0 Å². The molecule has 1 aromatic rings. The number of halogens is 1. The number of anilines is 1. The molecular weight excluding hydrogens is 236 g/mol. The molecule has 3 nitrogen and oxygen atoms in total. The topological polar surface area (TPSA) is 25.4 Å². The van der Waals surface area contributed by atoms with Gasteiger partial charge in [0.2, 0.25) is 0 Å². The predicted molar refractivity (Wildman–Crippen MR) is 70.6 cm³/mol. The third-order valence-corrected chi connectivity index (χ3v) is 3.79. The van der Waals surface area contributed by atoms with Crippen molar-refractivity contribution in [1.29, 1.82) is 0 Å². The van der Waals surface area contributed by atoms with Gasteiger partial charge in [-0.2, -0.15) is 0 Å². The zero-order valence-corrected chi connectivity index (χ0v) is 11.2. The highest BCUT2D eigenvalue weighted by Gasteiger charge is 2.27. The first-order chi connectivity index (χ1) is 8.26. The second-order valence-corrected chi connectivity index (χ2v) is 4.87. The van der Waals surface area contributed by atoms with Gasteiger partial charge < -0.3 is 9.64 Å². The molecule has 0 amide bonds. The highest BCUT2D eigenvalue weighted by molar-refractivity contribution is 6.17. The van der Waals surface area contributed by atoms with Gasteiger partial charge in [-0.05, 0) is 18.4 Å². The summed E-state index contributed by atoms with van der Waals surface area (Å²) in [4.78, 5) is 6.74. The minimum absolute atomic E-state index is 0.286. The lowest BCUT2D eigenvalue weighted by Gasteiger charge is -2.37. The molecule has 94 valence electrons. The molecule has 4 heteroatoms. The molecule has 17 heavy (non-hydrogen) atoms. The van der Waals surface area contributed by atoms with Crippen molar-refractivity contribution < 1.29 is 4.74 Å². The third kappa shape index (κ3) is 2.72. The number of methoxy groups -OCH3 is 1. The van der Waals surface area contributed by atoms with E-state index in [-0.39, 0.29) is 6.10 Å². The van der Waals surface area contributed by atoms with Crippen LogP contribution in [0.4, 0.5) is 5.82 Å². The maximum absolute atomic E-state index is 5.95. The Morgan fingerprint density at radius 3 is 3.12 bits per heavy atom. The van der Waals surface area contributed by atoms with Crippen molar-refractivity contribution in [3.63, 3.8) is 0 Å². The van der Waals surface area contributed by atoms with Crippen LogP contribution in [0, 0.1) is 5.92 Å². The molecule has 1 saturated heterocycles. The second-order valence-electron chi connectivity index (χ2n) is 4.61. The number of aromatic nitrogens is 1. The van der Waals surface area contributed by atoms with Crippen LogP contribution >= 0.6 is 11.6 Å². The van der Waals surface area contributed by atoms with Gasteiger partial charge in [-0.1, -0.05) is 13.0 Å². The summed E-state index contributed by atoms with van der Waals surface area (Å²) in [6.07, 6.45) is 3.25. The molecule has 0 N–H and O–H groups in total. The highest BCUT2D eigenvalue weighted by atomic mass is 35.5. The number of pyridine rings is 1. The normalized spacial score (nSPS) is 25.0. The van der Waals surface area contributed by atoms with E-state index < -0.39 is 0 Å². The number of hydrogen-bond donors (Lipinski definition) is 0. The minimum Gasteiger partial charge on any atom is -0.379 e. The lowest BCUT2D eigenvalue weighted by Crippen LogP contribution is -2.44. The molecule has 2 heterocycles. The molecule has 0 aromatic carbocycles. The van der Waals surface area contributed by atoms with Crippen LogP contribution in [0.15, 0.2) is 18.3 Å². The summed E-state index contributed by atoms with van der Waals surface area (Å²) in [7, 11) is 1.78. The Bertz CT molecular complexity index is 372. The van der Waals surface area contributed by atoms with E-state index in [0.29, 0.717) is 11.8 Å². The molecule has 1 aliphatic rings. The second kappa shape index (κ2) is 5.69. The van der Waals surface area contributed by atoms with E-state index in [1.807, 2.05) is 18.3 Å². The van der Waals surface area contributed by atoms with Crippen molar-refractivity contribution in [1.82, 2.24) is 4.98 Å². The van der Waals surface area contributed by atoms with Gasteiger partial charge in [0.25, 0.3) is 0 Å². The molecule has 0 aliphatic carbocycles. The first-order valence-corrected chi connectivity index (χ1v) is 6.57. The summed E-state index contributed by atoms with van der Waals surface area (Å²) in [5.74, 6) is 2.13. The van der Waals surface area contributed by atoms with Crippen LogP contribution in [0.3, 0.4) is 0 Å². The maximum atomic E-state index is 5.95. The zero-order chi connectivity index (χ0) is 12.3. The van der Waals surface area contributed by atoms with Gasteiger partial charge in [0.1, 0.15) is 5.82 Å². The maximum Gasteiger partial charge on any atom is 0.133 e. The standard InChI is InChI=1S/C13H19ClN2O/c1-10-5-7-16(9-12(10)17-2)13-11(8-14)4-3-6-15-13/h3-4,6,10,12H,5,7-9H2,1-2H3. The molecular formula is C13H19ClN2O. The number of rotatable bonds is 3. The molecule has 0 saturated carbocycles. The fraction of sp³-hybridized carbons (Fsp3) is 0.615. The Labute approximate surface area is 108 Å². The summed E-state index contributed by atoms with van der Waals surface area (Å²) < 4.78 is 5.53. The summed E-state index contributed by atoms with van der Waals surface area (Å²) in [6.45, 7) is 4.17. The van der Waals surface area contributed by atoms with Crippen LogP contribution in [0.1, 0.15) is 18.9 Å². The van der Waals surface area contributed by atoms with Crippen molar-refractivity contribution in [3.8, 4) is 0 Å². The number of nitrogens with zero attached hydrogens (tertiary/aromatic N) is 2. The van der Waals surface area contributed by atoms with Crippen LogP contribution in [0.5, 0.6) is 0 Å². The van der Waals surface area contributed by atoms with E-state index in [4.69, 9.17) is 16.3 Å². The number of piperidine rings is 1. The summed E-state index contributed by atoms with van der Waals surface area (Å²) in [6, 6.07) is 3.97. The van der Waals surface area contributed by atoms with Gasteiger partial charge in [0, 0.05) is 32.0 Å². The Hall–Kier alpha value is -0.800. The number of alkyl halides is 1. The molecule has 2 rings (SSSR count). The van der Waals surface area contributed by atoms with E-state index in [0.717, 1.165) is 30.9 Å². The third-order valence-electron chi connectivity index (χ3n) is 3.50. The number of hydrogen-bond acceptors (Lipinski definition) is 3. The number of ether oxygens (including phenoxy) is 1. The first kappa shape index (κ1) is 12.7. The summed E-state index contributed by atoms with van der Waals surface area (Å²) in [5.41, 5.74) is 1.10. The van der Waals surface area contributed by atoms with E-state index in [9.17, 15) is 0 Å². The van der Waals surface area contributed by atoms with Crippen LogP contribution in [-0.4, -0.2) is 31.3 Å². The average molecular weight is 255 g/mol. The van der Waals surface area contributed by atoms with Gasteiger partial charge in [0.15, 0.2) is 0 Å². The van der Waals surface area contributed by atoms with Gasteiger partial charge in [-0.15, -0.1) is 11.6 Å². The lowest BCUT2D eigenvalue weighted by molar-refractivity contribution is 0.0496. The zero-order valence-electron chi connectivity index (χ0n) is 10.4. The van der Waals surface area contributed by atoms with Gasteiger partial charge >= 0.3 is 0 Å². The lowest BCUT2D eigenvalue weighted by atomic mass is 9.95. The molecule has 0 bridgehead atoms. The molecule has 2 unspecified atom stereocenters. The van der Waals surface area contributed by atoms with Crippen molar-refractivity contribution in [3.05, 3.63) is 23.9 Å². The Balaban J connectivity index is 2.17. The smallest absolute Gasteiger partial charge is 0.133 e.